The minimum Gasteiger partial charge on any atom is -0.469 e. The first-order valence-corrected chi connectivity index (χ1v) is 10.2. The van der Waals surface area contributed by atoms with Crippen LogP contribution in [0.5, 0.6) is 0 Å². The highest BCUT2D eigenvalue weighted by molar-refractivity contribution is 6.31. The Morgan fingerprint density at radius 3 is 2.42 bits per heavy atom. The van der Waals surface area contributed by atoms with Crippen LogP contribution in [0.2, 0.25) is 5.02 Å². The second-order valence-electron chi connectivity index (χ2n) is 6.71. The molecule has 1 N–H and O–H groups in total. The van der Waals surface area contributed by atoms with E-state index in [1.54, 1.807) is 48.5 Å². The fraction of sp³-hybridized carbons (Fsp3) is 0.304. The zero-order valence-electron chi connectivity index (χ0n) is 17.2. The lowest BCUT2D eigenvalue weighted by Gasteiger charge is -2.22. The number of para-hydroxylation sites is 1. The minimum atomic E-state index is -0.674. The van der Waals surface area contributed by atoms with Gasteiger partial charge in [-0.25, -0.2) is 0 Å². The van der Waals surface area contributed by atoms with Crippen LogP contribution in [0.1, 0.15) is 37.3 Å². The third kappa shape index (κ3) is 7.43. The summed E-state index contributed by atoms with van der Waals surface area (Å²) in [5.74, 6) is -1.15. The van der Waals surface area contributed by atoms with E-state index >= 15 is 0 Å². The molecule has 1 unspecified atom stereocenters. The number of halogens is 1. The van der Waals surface area contributed by atoms with Crippen LogP contribution in [0.25, 0.3) is 0 Å². The van der Waals surface area contributed by atoms with Gasteiger partial charge in [0, 0.05) is 30.1 Å². The van der Waals surface area contributed by atoms with Gasteiger partial charge in [-0.15, -0.1) is 0 Å². The molecule has 1 atom stereocenters. The predicted molar refractivity (Wildman–Crippen MR) is 117 cm³/mol. The van der Waals surface area contributed by atoms with Crippen LogP contribution >= 0.6 is 11.6 Å². The fourth-order valence-corrected chi connectivity index (χ4v) is 3.30. The number of benzene rings is 2. The van der Waals surface area contributed by atoms with Crippen LogP contribution in [0, 0.1) is 11.3 Å². The predicted octanol–water partition coefficient (Wildman–Crippen LogP) is 3.79. The van der Waals surface area contributed by atoms with Crippen molar-refractivity contribution in [1.29, 1.82) is 5.26 Å². The van der Waals surface area contributed by atoms with Crippen molar-refractivity contribution in [3.8, 4) is 6.07 Å². The number of nitrogens with zero attached hydrogens (tertiary/aromatic N) is 2. The Bertz CT molecular complexity index is 943. The van der Waals surface area contributed by atoms with E-state index in [9.17, 15) is 14.4 Å². The number of hydrogen-bond donors (Lipinski definition) is 1. The van der Waals surface area contributed by atoms with Crippen molar-refractivity contribution in [3.63, 3.8) is 0 Å². The second kappa shape index (κ2) is 12.4. The quantitative estimate of drug-likeness (QED) is 0.565. The number of anilines is 1. The molecule has 0 bridgehead atoms. The standard InChI is InChI=1S/C23H24ClN3O4/c1-31-23(30)16-20(18-10-5-6-11-19(18)24)26-21(28)12-13-22(29)27(15-7-14-25)17-8-3-2-4-9-17/h2-6,8-11,20H,7,12-13,15-16H2,1H3,(H,26,28). The number of amides is 2. The number of nitriles is 1. The van der Waals surface area contributed by atoms with Crippen molar-refractivity contribution in [2.75, 3.05) is 18.6 Å². The molecule has 0 aliphatic heterocycles. The van der Waals surface area contributed by atoms with E-state index < -0.39 is 17.9 Å². The van der Waals surface area contributed by atoms with Crippen molar-refractivity contribution in [2.45, 2.75) is 31.7 Å². The number of ether oxygens (including phenoxy) is 1. The molecule has 0 heterocycles. The van der Waals surface area contributed by atoms with Gasteiger partial charge in [0.15, 0.2) is 0 Å². The summed E-state index contributed by atoms with van der Waals surface area (Å²) in [6.45, 7) is 0.242. The Kier molecular flexibility index (Phi) is 9.53. The van der Waals surface area contributed by atoms with Crippen LogP contribution in [0.15, 0.2) is 54.6 Å². The van der Waals surface area contributed by atoms with E-state index in [1.165, 1.54) is 12.0 Å². The Morgan fingerprint density at radius 2 is 1.77 bits per heavy atom. The maximum Gasteiger partial charge on any atom is 0.307 e. The normalized spacial score (nSPS) is 11.1. The van der Waals surface area contributed by atoms with E-state index in [-0.39, 0.29) is 38.1 Å². The van der Waals surface area contributed by atoms with Crippen molar-refractivity contribution in [2.24, 2.45) is 0 Å². The molecule has 0 aliphatic rings. The maximum absolute atomic E-state index is 12.7. The molecule has 0 saturated carbocycles. The Labute approximate surface area is 186 Å². The van der Waals surface area contributed by atoms with Gasteiger partial charge in [-0.05, 0) is 23.8 Å². The fourth-order valence-electron chi connectivity index (χ4n) is 3.04. The highest BCUT2D eigenvalue weighted by Crippen LogP contribution is 2.25. The summed E-state index contributed by atoms with van der Waals surface area (Å²) in [7, 11) is 1.27. The third-order valence-corrected chi connectivity index (χ3v) is 4.94. The highest BCUT2D eigenvalue weighted by atomic mass is 35.5. The smallest absolute Gasteiger partial charge is 0.307 e. The number of rotatable bonds is 10. The molecule has 0 saturated heterocycles. The monoisotopic (exact) mass is 441 g/mol. The van der Waals surface area contributed by atoms with Gasteiger partial charge in [0.1, 0.15) is 0 Å². The molecule has 2 amide bonds. The number of hydrogen-bond acceptors (Lipinski definition) is 5. The summed E-state index contributed by atoms with van der Waals surface area (Å²) < 4.78 is 4.72. The molecule has 0 aromatic heterocycles. The lowest BCUT2D eigenvalue weighted by molar-refractivity contribution is -0.141. The SMILES string of the molecule is COC(=O)CC(NC(=O)CCC(=O)N(CCC#N)c1ccccc1)c1ccccc1Cl. The summed E-state index contributed by atoms with van der Waals surface area (Å²) in [4.78, 5) is 38.6. The summed E-state index contributed by atoms with van der Waals surface area (Å²) in [6.07, 6.45) is -0.0186. The number of esters is 1. The summed E-state index contributed by atoms with van der Waals surface area (Å²) in [5, 5.41) is 12.1. The van der Waals surface area contributed by atoms with Crippen molar-refractivity contribution in [3.05, 3.63) is 65.2 Å². The molecule has 7 nitrogen and oxygen atoms in total. The van der Waals surface area contributed by atoms with E-state index in [2.05, 4.69) is 5.32 Å². The first-order valence-electron chi connectivity index (χ1n) is 9.79. The van der Waals surface area contributed by atoms with E-state index in [0.29, 0.717) is 16.3 Å². The number of carbonyl (C=O) groups is 3. The molecule has 0 spiro atoms. The molecule has 162 valence electrons. The molecule has 0 aliphatic carbocycles. The second-order valence-corrected chi connectivity index (χ2v) is 7.12. The van der Waals surface area contributed by atoms with E-state index in [1.807, 2.05) is 12.1 Å². The van der Waals surface area contributed by atoms with Crippen molar-refractivity contribution >= 4 is 35.1 Å². The minimum absolute atomic E-state index is 0.0420. The van der Waals surface area contributed by atoms with Gasteiger partial charge in [-0.1, -0.05) is 48.0 Å². The Balaban J connectivity index is 2.04. The van der Waals surface area contributed by atoms with Gasteiger partial charge < -0.3 is 15.0 Å². The van der Waals surface area contributed by atoms with Crippen LogP contribution in [-0.4, -0.2) is 31.4 Å². The molecule has 2 aromatic rings. The van der Waals surface area contributed by atoms with E-state index in [0.717, 1.165) is 0 Å². The zero-order chi connectivity index (χ0) is 22.6. The van der Waals surface area contributed by atoms with Crippen LogP contribution < -0.4 is 10.2 Å². The molecule has 2 rings (SSSR count). The molecule has 0 radical (unpaired) electrons. The van der Waals surface area contributed by atoms with Gasteiger partial charge in [0.25, 0.3) is 0 Å². The molecule has 8 heteroatoms. The maximum atomic E-state index is 12.7. The lowest BCUT2D eigenvalue weighted by atomic mass is 10.0. The molecule has 2 aromatic carbocycles. The molecule has 0 fully saturated rings. The molecular weight excluding hydrogens is 418 g/mol. The molecular formula is C23H24ClN3O4. The molecule has 31 heavy (non-hydrogen) atoms. The topological polar surface area (TPSA) is 99.5 Å². The van der Waals surface area contributed by atoms with Gasteiger partial charge in [-0.3, -0.25) is 14.4 Å². The largest absolute Gasteiger partial charge is 0.469 e. The summed E-state index contributed by atoms with van der Waals surface area (Å²) in [5.41, 5.74) is 1.26. The van der Waals surface area contributed by atoms with Crippen molar-refractivity contribution < 1.29 is 19.1 Å². The van der Waals surface area contributed by atoms with Gasteiger partial charge >= 0.3 is 5.97 Å². The average Bonchev–Trinajstić information content (AvgIpc) is 2.78. The Hall–Kier alpha value is -3.37. The lowest BCUT2D eigenvalue weighted by Crippen LogP contribution is -2.34. The van der Waals surface area contributed by atoms with E-state index in [4.69, 9.17) is 21.6 Å². The Morgan fingerprint density at radius 1 is 1.10 bits per heavy atom. The third-order valence-electron chi connectivity index (χ3n) is 4.60. The zero-order valence-corrected chi connectivity index (χ0v) is 18.0. The highest BCUT2D eigenvalue weighted by Gasteiger charge is 2.22. The summed E-state index contributed by atoms with van der Waals surface area (Å²) >= 11 is 6.22. The van der Waals surface area contributed by atoms with Gasteiger partial charge in [0.2, 0.25) is 11.8 Å². The van der Waals surface area contributed by atoms with Crippen LogP contribution in [0.4, 0.5) is 5.69 Å². The first-order chi connectivity index (χ1) is 15.0. The van der Waals surface area contributed by atoms with Gasteiger partial charge in [-0.2, -0.15) is 5.26 Å². The van der Waals surface area contributed by atoms with Gasteiger partial charge in [0.05, 0.1) is 32.1 Å². The average molecular weight is 442 g/mol. The summed E-state index contributed by atoms with van der Waals surface area (Å²) in [6, 6.07) is 17.2. The number of nitrogens with one attached hydrogen (secondary N) is 1. The number of carbonyl (C=O) groups excluding carboxylic acids is 3. The van der Waals surface area contributed by atoms with Crippen LogP contribution in [0.3, 0.4) is 0 Å². The van der Waals surface area contributed by atoms with Crippen LogP contribution in [-0.2, 0) is 19.1 Å². The number of methoxy groups -OCH3 is 1. The first kappa shape index (κ1) is 23.9. The van der Waals surface area contributed by atoms with Crippen molar-refractivity contribution in [1.82, 2.24) is 5.32 Å².